The van der Waals surface area contributed by atoms with Gasteiger partial charge < -0.3 is 10.4 Å². The van der Waals surface area contributed by atoms with Crippen LogP contribution in [0.3, 0.4) is 0 Å². The molecule has 0 saturated heterocycles. The van der Waals surface area contributed by atoms with Gasteiger partial charge in [0.05, 0.1) is 0 Å². The first-order valence-electron chi connectivity index (χ1n) is 5.59. The lowest BCUT2D eigenvalue weighted by Gasteiger charge is -2.36. The van der Waals surface area contributed by atoms with Crippen molar-refractivity contribution in [3.05, 3.63) is 0 Å². The zero-order chi connectivity index (χ0) is 9.90. The molecular weight excluding hydrogens is 176 g/mol. The maximum atomic E-state index is 6.42. The van der Waals surface area contributed by atoms with E-state index in [2.05, 4.69) is 25.4 Å². The molecule has 0 bridgehead atoms. The van der Waals surface area contributed by atoms with E-state index in [9.17, 15) is 0 Å². The summed E-state index contributed by atoms with van der Waals surface area (Å²) in [5.74, 6) is 0. The van der Waals surface area contributed by atoms with Gasteiger partial charge in [0.2, 0.25) is 0 Å². The molecule has 78 valence electrons. The summed E-state index contributed by atoms with van der Waals surface area (Å²) in [6, 6.07) is 0.545. The molecule has 1 atom stereocenters. The predicted octanol–water partition coefficient (Wildman–Crippen LogP) is 2.35. The van der Waals surface area contributed by atoms with Crippen LogP contribution in [0.2, 0.25) is 12.1 Å². The Labute approximate surface area is 83.4 Å². The molecule has 3 heteroatoms. The summed E-state index contributed by atoms with van der Waals surface area (Å²) in [5.41, 5.74) is 0.809. The van der Waals surface area contributed by atoms with Crippen LogP contribution < -0.4 is 10.4 Å². The van der Waals surface area contributed by atoms with Gasteiger partial charge in [-0.05, 0) is 18.1 Å². The molecular formula is C10H24N2Si. The van der Waals surface area contributed by atoms with Crippen molar-refractivity contribution in [3.63, 3.8) is 0 Å². The Morgan fingerprint density at radius 3 is 2.23 bits per heavy atom. The van der Waals surface area contributed by atoms with Crippen LogP contribution in [-0.4, -0.2) is 14.4 Å². The van der Waals surface area contributed by atoms with Crippen LogP contribution in [0, 0.1) is 0 Å². The highest BCUT2D eigenvalue weighted by Crippen LogP contribution is 2.33. The maximum absolute atomic E-state index is 6.42. The Kier molecular flexibility index (Phi) is 3.95. The molecule has 13 heavy (non-hydrogen) atoms. The van der Waals surface area contributed by atoms with Gasteiger partial charge in [-0.3, -0.25) is 0 Å². The molecule has 0 aromatic rings. The quantitative estimate of drug-likeness (QED) is 0.686. The predicted molar refractivity (Wildman–Crippen MR) is 60.9 cm³/mol. The third-order valence-electron chi connectivity index (χ3n) is 3.05. The van der Waals surface area contributed by atoms with Gasteiger partial charge in [-0.1, -0.05) is 46.0 Å². The number of rotatable bonds is 3. The molecule has 1 fully saturated rings. The van der Waals surface area contributed by atoms with Crippen LogP contribution in [0.4, 0.5) is 0 Å². The summed E-state index contributed by atoms with van der Waals surface area (Å²) in [6.45, 7) is 6.67. The highest BCUT2D eigenvalue weighted by molar-refractivity contribution is 6.74. The van der Waals surface area contributed by atoms with E-state index in [1.165, 1.54) is 32.1 Å². The molecule has 0 spiro atoms. The van der Waals surface area contributed by atoms with Crippen molar-refractivity contribution in [3.8, 4) is 0 Å². The van der Waals surface area contributed by atoms with Gasteiger partial charge >= 0.3 is 0 Å². The molecule has 2 nitrogen and oxygen atoms in total. The number of hydrogen-bond donors (Lipinski definition) is 2. The van der Waals surface area contributed by atoms with Gasteiger partial charge in [-0.2, -0.15) is 0 Å². The minimum Gasteiger partial charge on any atom is -0.339 e. The summed E-state index contributed by atoms with van der Waals surface area (Å²) in [6.07, 6.45) is 6.93. The highest BCUT2D eigenvalue weighted by Gasteiger charge is 2.34. The normalized spacial score (nSPS) is 24.7. The molecule has 1 rings (SSSR count). The van der Waals surface area contributed by atoms with Crippen molar-refractivity contribution >= 4 is 8.40 Å². The zero-order valence-electron chi connectivity index (χ0n) is 9.27. The van der Waals surface area contributed by atoms with E-state index in [1.54, 1.807) is 0 Å². The minimum absolute atomic E-state index is 0.545. The third kappa shape index (κ3) is 3.41. The molecule has 1 aliphatic rings. The highest BCUT2D eigenvalue weighted by atomic mass is 28.3. The summed E-state index contributed by atoms with van der Waals surface area (Å²) in [4.78, 5) is 3.61. The Morgan fingerprint density at radius 1 is 1.23 bits per heavy atom. The Morgan fingerprint density at radius 2 is 1.77 bits per heavy atom. The lowest BCUT2D eigenvalue weighted by molar-refractivity contribution is 0.482. The van der Waals surface area contributed by atoms with E-state index in [0.717, 1.165) is 5.54 Å². The van der Waals surface area contributed by atoms with Crippen LogP contribution in [-0.2, 0) is 0 Å². The third-order valence-corrected chi connectivity index (χ3v) is 6.53. The van der Waals surface area contributed by atoms with Gasteiger partial charge in [0.15, 0.2) is 8.40 Å². The molecule has 0 radical (unpaired) electrons. The van der Waals surface area contributed by atoms with Gasteiger partial charge in [-0.25, -0.2) is 0 Å². The Bertz CT molecular complexity index is 151. The molecule has 3 N–H and O–H groups in total. The SMILES string of the molecule is CC(C)N[Si](C)(N)C1CCCCC1. The smallest absolute Gasteiger partial charge is 0.198 e. The van der Waals surface area contributed by atoms with E-state index < -0.39 is 8.40 Å². The molecule has 0 aromatic heterocycles. The largest absolute Gasteiger partial charge is 0.339 e. The van der Waals surface area contributed by atoms with Gasteiger partial charge in [0.25, 0.3) is 0 Å². The van der Waals surface area contributed by atoms with Crippen molar-refractivity contribution in [1.29, 1.82) is 0 Å². The molecule has 1 saturated carbocycles. The van der Waals surface area contributed by atoms with Gasteiger partial charge in [0.1, 0.15) is 0 Å². The summed E-state index contributed by atoms with van der Waals surface area (Å²) in [7, 11) is -1.62. The zero-order valence-corrected chi connectivity index (χ0v) is 10.3. The summed E-state index contributed by atoms with van der Waals surface area (Å²) in [5, 5.41) is 6.42. The number of hydrogen-bond acceptors (Lipinski definition) is 2. The van der Waals surface area contributed by atoms with Gasteiger partial charge in [-0.15, -0.1) is 0 Å². The molecule has 1 aliphatic carbocycles. The topological polar surface area (TPSA) is 38.0 Å². The molecule has 0 heterocycles. The Balaban J connectivity index is 2.45. The second-order valence-corrected chi connectivity index (χ2v) is 8.59. The molecule has 0 aliphatic heterocycles. The van der Waals surface area contributed by atoms with Gasteiger partial charge in [0, 0.05) is 0 Å². The lowest BCUT2D eigenvalue weighted by atomic mass is 10.0. The molecule has 0 amide bonds. The number of nitrogens with two attached hydrogens (primary N) is 1. The molecule has 0 aromatic carbocycles. The van der Waals surface area contributed by atoms with Crippen LogP contribution in [0.5, 0.6) is 0 Å². The average molecular weight is 200 g/mol. The Hall–Kier alpha value is 0.137. The second-order valence-electron chi connectivity index (χ2n) is 4.92. The van der Waals surface area contributed by atoms with E-state index in [-0.39, 0.29) is 0 Å². The van der Waals surface area contributed by atoms with Crippen LogP contribution in [0.15, 0.2) is 0 Å². The standard InChI is InChI=1S/C10H24N2Si/c1-9(2)12-13(3,11)10-7-5-4-6-8-10/h9-10,12H,4-8,11H2,1-3H3. The molecule has 1 unspecified atom stereocenters. The lowest BCUT2D eigenvalue weighted by Crippen LogP contribution is -2.62. The van der Waals surface area contributed by atoms with Crippen LogP contribution >= 0.6 is 0 Å². The van der Waals surface area contributed by atoms with Crippen molar-refractivity contribution in [2.45, 2.75) is 64.1 Å². The fourth-order valence-corrected chi connectivity index (χ4v) is 5.53. The van der Waals surface area contributed by atoms with Crippen LogP contribution in [0.25, 0.3) is 0 Å². The summed E-state index contributed by atoms with van der Waals surface area (Å²) < 4.78 is 0. The maximum Gasteiger partial charge on any atom is 0.198 e. The van der Waals surface area contributed by atoms with Crippen molar-refractivity contribution < 1.29 is 0 Å². The second kappa shape index (κ2) is 4.58. The first-order chi connectivity index (χ1) is 6.02. The van der Waals surface area contributed by atoms with E-state index >= 15 is 0 Å². The van der Waals surface area contributed by atoms with E-state index in [1.807, 2.05) is 0 Å². The van der Waals surface area contributed by atoms with E-state index in [4.69, 9.17) is 5.40 Å². The minimum atomic E-state index is -1.62. The summed E-state index contributed by atoms with van der Waals surface area (Å²) >= 11 is 0. The fraction of sp³-hybridized carbons (Fsp3) is 1.00. The average Bonchev–Trinajstić information content (AvgIpc) is 2.04. The monoisotopic (exact) mass is 200 g/mol. The first-order valence-corrected chi connectivity index (χ1v) is 8.24. The van der Waals surface area contributed by atoms with E-state index in [0.29, 0.717) is 6.04 Å². The van der Waals surface area contributed by atoms with Crippen molar-refractivity contribution in [1.82, 2.24) is 4.98 Å². The van der Waals surface area contributed by atoms with Crippen molar-refractivity contribution in [2.75, 3.05) is 0 Å². The first kappa shape index (κ1) is 11.2. The van der Waals surface area contributed by atoms with Crippen LogP contribution in [0.1, 0.15) is 46.0 Å². The number of nitrogens with one attached hydrogen (secondary N) is 1. The van der Waals surface area contributed by atoms with Crippen molar-refractivity contribution in [2.24, 2.45) is 5.40 Å². The fourth-order valence-electron chi connectivity index (χ4n) is 2.44.